The van der Waals surface area contributed by atoms with Crippen LogP contribution in [-0.4, -0.2) is 120 Å². The number of carbonyl (C=O) groups excluding carboxylic acids is 6. The normalized spacial score (nSPS) is 18.5. The van der Waals surface area contributed by atoms with Crippen LogP contribution in [0.3, 0.4) is 0 Å². The number of fused-ring (bicyclic) bond motifs is 8. The number of methoxy groups -OCH3 is 1. The summed E-state index contributed by atoms with van der Waals surface area (Å²) in [5.41, 5.74) is 7.80. The number of ether oxygens (including phenoxy) is 3. The summed E-state index contributed by atoms with van der Waals surface area (Å²) in [6.07, 6.45) is 4.64. The third-order valence-electron chi connectivity index (χ3n) is 15.8. The number of rotatable bonds is 22. The van der Waals surface area contributed by atoms with Crippen LogP contribution in [0.1, 0.15) is 99.2 Å². The van der Waals surface area contributed by atoms with Crippen LogP contribution in [0.2, 0.25) is 0 Å². The molecule has 0 bridgehead atoms. The lowest BCUT2D eigenvalue weighted by Gasteiger charge is -2.27. The standard InChI is InChI=1S/C60H63N5O15S4/c1-35-23-44-41(31-53(84(75,76)77)48-28-40-10-6-8-12-47(40)65(48)59(44)71)30-49(35)79-33-36-24-37(34-80-51-29-38-13-14-43-27-39-9-5-7-11-46(39)64(43)58(70)45(38)32-50(51)78-4)26-42(25-36)62-54(66)17-19-60(2,3)82-81-22-18-52(83(72,73)74)57(69)61-20-21-63-55(67)15-16-56(63)68/h5-12,15-16,23-26,29-30,32,43,48,52-53H,13-14,17-22,27-28,31,33-34H2,1-4H3,(H,61,69)(H,62,66)(H,72,73,74)(H,75,76,77). The Morgan fingerprint density at radius 3 is 2.04 bits per heavy atom. The molecule has 5 aromatic rings. The molecule has 0 aliphatic carbocycles. The first-order valence-corrected chi connectivity index (χ1v) is 32.7. The average molecular weight is 1220 g/mol. The summed E-state index contributed by atoms with van der Waals surface area (Å²) in [5.74, 6) is -1.60. The Labute approximate surface area is 494 Å². The lowest BCUT2D eigenvalue weighted by Crippen LogP contribution is -2.47. The summed E-state index contributed by atoms with van der Waals surface area (Å²) in [6.45, 7) is 5.18. The van der Waals surface area contributed by atoms with Crippen LogP contribution in [-0.2, 0) is 78.3 Å². The number of benzene rings is 5. The van der Waals surface area contributed by atoms with Crippen LogP contribution in [0, 0.1) is 6.92 Å². The minimum atomic E-state index is -4.81. The summed E-state index contributed by atoms with van der Waals surface area (Å²) in [6, 6.07) is 26.6. The van der Waals surface area contributed by atoms with Crippen molar-refractivity contribution < 1.29 is 68.9 Å². The Kier molecular flexibility index (Phi) is 17.4. The quantitative estimate of drug-likeness (QED) is 0.0224. The van der Waals surface area contributed by atoms with Gasteiger partial charge in [0.25, 0.3) is 43.9 Å². The smallest absolute Gasteiger partial charge is 0.276 e. The predicted octanol–water partition coefficient (Wildman–Crippen LogP) is 7.63. The van der Waals surface area contributed by atoms with Crippen molar-refractivity contribution in [3.8, 4) is 17.2 Å². The number of anilines is 3. The Bertz CT molecular complexity index is 3740. The lowest BCUT2D eigenvalue weighted by molar-refractivity contribution is -0.137. The summed E-state index contributed by atoms with van der Waals surface area (Å²) in [5, 5.41) is 2.30. The van der Waals surface area contributed by atoms with E-state index in [4.69, 9.17) is 14.2 Å². The van der Waals surface area contributed by atoms with Crippen LogP contribution in [0.5, 0.6) is 17.2 Å². The van der Waals surface area contributed by atoms with Crippen LogP contribution in [0.4, 0.5) is 17.1 Å². The number of hydrogen-bond donors (Lipinski definition) is 4. The van der Waals surface area contributed by atoms with Gasteiger partial charge in [0.15, 0.2) is 16.7 Å². The molecule has 0 spiro atoms. The van der Waals surface area contributed by atoms with Crippen LogP contribution >= 0.6 is 21.6 Å². The first kappa shape index (κ1) is 59.9. The fourth-order valence-electron chi connectivity index (χ4n) is 11.5. The molecule has 4 N–H and O–H groups in total. The molecule has 4 atom stereocenters. The number of aryl methyl sites for hydroxylation is 2. The Morgan fingerprint density at radius 2 is 1.37 bits per heavy atom. The van der Waals surface area contributed by atoms with Crippen molar-refractivity contribution in [1.29, 1.82) is 0 Å². The monoisotopic (exact) mass is 1220 g/mol. The second-order valence-corrected chi connectivity index (χ2v) is 28.4. The van der Waals surface area contributed by atoms with Crippen molar-refractivity contribution in [3.63, 3.8) is 0 Å². The third kappa shape index (κ3) is 13.0. The number of nitrogens with one attached hydrogen (secondary N) is 2. The highest BCUT2D eigenvalue weighted by Crippen LogP contribution is 2.44. The van der Waals surface area contributed by atoms with E-state index in [0.717, 1.165) is 52.3 Å². The molecule has 84 heavy (non-hydrogen) atoms. The molecular weight excluding hydrogens is 1160 g/mol. The van der Waals surface area contributed by atoms with Crippen molar-refractivity contribution in [2.24, 2.45) is 0 Å². The number of hydrogen-bond acceptors (Lipinski definition) is 15. The highest BCUT2D eigenvalue weighted by Gasteiger charge is 2.47. The molecular formula is C60H63N5O15S4. The Hall–Kier alpha value is -7.22. The van der Waals surface area contributed by atoms with Gasteiger partial charge in [-0.25, -0.2) is 0 Å². The maximum Gasteiger partial charge on any atom is 0.276 e. The molecule has 24 heteroatoms. The minimum Gasteiger partial charge on any atom is -0.493 e. The minimum absolute atomic E-state index is 0.000933. The number of nitrogens with zero attached hydrogens (tertiary/aromatic N) is 3. The topological polar surface area (TPSA) is 273 Å². The molecule has 0 radical (unpaired) electrons. The van der Waals surface area contributed by atoms with Gasteiger partial charge in [-0.3, -0.25) is 42.8 Å². The van der Waals surface area contributed by atoms with Gasteiger partial charge in [-0.1, -0.05) is 58.0 Å². The van der Waals surface area contributed by atoms with E-state index < -0.39 is 59.2 Å². The lowest BCUT2D eigenvalue weighted by atomic mass is 9.97. The number of carbonyl (C=O) groups is 6. The maximum absolute atomic E-state index is 14.3. The van der Waals surface area contributed by atoms with Crippen molar-refractivity contribution in [3.05, 3.63) is 153 Å². The summed E-state index contributed by atoms with van der Waals surface area (Å²) in [4.78, 5) is 83.2. The summed E-state index contributed by atoms with van der Waals surface area (Å²) in [7, 11) is -5.28. The molecule has 442 valence electrons. The van der Waals surface area contributed by atoms with Crippen molar-refractivity contribution in [2.75, 3.05) is 41.1 Å². The zero-order valence-electron chi connectivity index (χ0n) is 46.5. The average Bonchev–Trinajstić information content (AvgIpc) is 1.98. The van der Waals surface area contributed by atoms with Gasteiger partial charge in [-0.2, -0.15) is 16.8 Å². The molecule has 6 amide bonds. The van der Waals surface area contributed by atoms with E-state index in [0.29, 0.717) is 74.8 Å². The van der Waals surface area contributed by atoms with Gasteiger partial charge in [0.2, 0.25) is 11.8 Å². The van der Waals surface area contributed by atoms with Gasteiger partial charge < -0.3 is 34.6 Å². The second-order valence-electron chi connectivity index (χ2n) is 22.0. The van der Waals surface area contributed by atoms with Gasteiger partial charge in [0, 0.05) is 76.4 Å². The molecule has 20 nitrogen and oxygen atoms in total. The Balaban J connectivity index is 0.836. The van der Waals surface area contributed by atoms with E-state index in [1.807, 2.05) is 61.2 Å². The van der Waals surface area contributed by atoms with Gasteiger partial charge in [-0.05, 0) is 159 Å². The molecule has 0 saturated heterocycles. The van der Waals surface area contributed by atoms with E-state index in [-0.39, 0.29) is 81.5 Å². The van der Waals surface area contributed by atoms with Crippen molar-refractivity contribution >= 4 is 94.3 Å². The molecule has 0 saturated carbocycles. The Morgan fingerprint density at radius 1 is 0.750 bits per heavy atom. The first-order valence-electron chi connectivity index (χ1n) is 27.4. The van der Waals surface area contributed by atoms with Crippen LogP contribution in [0.25, 0.3) is 0 Å². The molecule has 4 unspecified atom stereocenters. The molecule has 5 heterocycles. The molecule has 5 aliphatic rings. The van der Waals surface area contributed by atoms with Crippen LogP contribution < -0.4 is 34.6 Å². The van der Waals surface area contributed by atoms with Crippen molar-refractivity contribution in [1.82, 2.24) is 10.2 Å². The summed E-state index contributed by atoms with van der Waals surface area (Å²) < 4.78 is 89.3. The van der Waals surface area contributed by atoms with E-state index in [2.05, 4.69) is 16.7 Å². The van der Waals surface area contributed by atoms with E-state index in [1.165, 1.54) is 33.6 Å². The molecule has 10 rings (SSSR count). The zero-order chi connectivity index (χ0) is 59.8. The van der Waals surface area contributed by atoms with Crippen LogP contribution in [0.15, 0.2) is 103 Å². The first-order chi connectivity index (χ1) is 40.0. The highest BCUT2D eigenvalue weighted by atomic mass is 33.1. The fraction of sp³-hybridized carbons (Fsp3) is 0.367. The number of para-hydroxylation sites is 2. The van der Waals surface area contributed by atoms with E-state index >= 15 is 0 Å². The molecule has 5 aliphatic heterocycles. The molecule has 0 fully saturated rings. The van der Waals surface area contributed by atoms with Crippen molar-refractivity contribution in [2.45, 2.75) is 113 Å². The highest BCUT2D eigenvalue weighted by molar-refractivity contribution is 8.77. The molecule has 0 aromatic heterocycles. The second kappa shape index (κ2) is 24.4. The number of amides is 6. The van der Waals surface area contributed by atoms with Gasteiger partial charge in [-0.15, -0.1) is 0 Å². The zero-order valence-corrected chi connectivity index (χ0v) is 49.8. The van der Waals surface area contributed by atoms with Gasteiger partial charge in [0.05, 0.1) is 13.2 Å². The van der Waals surface area contributed by atoms with E-state index in [9.17, 15) is 54.7 Å². The maximum atomic E-state index is 14.3. The number of imide groups is 1. The third-order valence-corrected chi connectivity index (χ3v) is 21.6. The van der Waals surface area contributed by atoms with Gasteiger partial charge in [0.1, 0.15) is 24.2 Å². The van der Waals surface area contributed by atoms with Gasteiger partial charge >= 0.3 is 0 Å². The van der Waals surface area contributed by atoms with E-state index in [1.54, 1.807) is 49.4 Å². The largest absolute Gasteiger partial charge is 0.493 e. The molecule has 5 aromatic carbocycles. The SMILES string of the molecule is COc1cc2c(cc1OCc1cc(COc3cc4c(cc3C)C(=O)N3c5ccccc5CC3C(S(=O)(=O)O)C4)cc(NC(=O)CCC(C)(C)SSCCC(C(=O)NCCN3C(=O)C=CC3=O)S(=O)(=O)O)c1)CCC1Cc3ccccc3N1C2=O. The predicted molar refractivity (Wildman–Crippen MR) is 319 cm³/mol. The fourth-order valence-corrected chi connectivity index (χ4v) is 16.1. The summed E-state index contributed by atoms with van der Waals surface area (Å²) >= 11 is 0.